The first kappa shape index (κ1) is 21.7. The maximum Gasteiger partial charge on any atom is 0.250 e. The Hall–Kier alpha value is -2.53. The highest BCUT2D eigenvalue weighted by Crippen LogP contribution is 2.34. The Balaban J connectivity index is 1.68. The Bertz CT molecular complexity index is 923. The molecule has 2 amide bonds. The van der Waals surface area contributed by atoms with Gasteiger partial charge < -0.3 is 14.5 Å². The summed E-state index contributed by atoms with van der Waals surface area (Å²) in [5, 5.41) is 0.607. The van der Waals surface area contributed by atoms with Crippen molar-refractivity contribution in [1.29, 1.82) is 0 Å². The number of para-hydroxylation sites is 1. The van der Waals surface area contributed by atoms with Crippen molar-refractivity contribution in [3.05, 3.63) is 64.7 Å². The van der Waals surface area contributed by atoms with Crippen LogP contribution in [-0.2, 0) is 16.1 Å². The van der Waals surface area contributed by atoms with Crippen LogP contribution in [0.25, 0.3) is 0 Å². The Morgan fingerprint density at radius 2 is 1.65 bits per heavy atom. The van der Waals surface area contributed by atoms with Gasteiger partial charge in [0.25, 0.3) is 5.91 Å². The van der Waals surface area contributed by atoms with E-state index < -0.39 is 6.04 Å². The van der Waals surface area contributed by atoms with Gasteiger partial charge in [0.05, 0.1) is 13.7 Å². The molecule has 4 rings (SSSR count). The first-order valence-corrected chi connectivity index (χ1v) is 11.4. The van der Waals surface area contributed by atoms with E-state index >= 15 is 0 Å². The molecular formula is C25H29ClN2O3. The lowest BCUT2D eigenvalue weighted by atomic mass is 9.97. The second kappa shape index (κ2) is 9.73. The lowest BCUT2D eigenvalue weighted by Gasteiger charge is -2.43. The fraction of sp³-hybridized carbons (Fsp3) is 0.440. The standard InChI is InChI=1S/C25H29ClN2O3/c1-31-22-11-7-6-8-19(22)16-28-23(29)17-27(21-9-4-2-3-5-10-21)25(30)24(28)18-12-14-20(26)15-13-18/h6-8,11-15,21,24H,2-5,9-10,16-17H2,1H3. The quantitative estimate of drug-likeness (QED) is 0.616. The number of piperazine rings is 1. The van der Waals surface area contributed by atoms with Gasteiger partial charge in [-0.05, 0) is 36.6 Å². The molecule has 1 atom stereocenters. The Labute approximate surface area is 188 Å². The van der Waals surface area contributed by atoms with E-state index in [9.17, 15) is 9.59 Å². The van der Waals surface area contributed by atoms with E-state index in [0.29, 0.717) is 17.3 Å². The number of halogens is 1. The number of carbonyl (C=O) groups excluding carboxylic acids is 2. The minimum Gasteiger partial charge on any atom is -0.496 e. The second-order valence-electron chi connectivity index (χ2n) is 8.40. The number of amides is 2. The van der Waals surface area contributed by atoms with Gasteiger partial charge in [0.2, 0.25) is 5.91 Å². The van der Waals surface area contributed by atoms with Crippen LogP contribution in [0.15, 0.2) is 48.5 Å². The molecule has 1 aliphatic heterocycles. The number of benzene rings is 2. The van der Waals surface area contributed by atoms with E-state index in [2.05, 4.69) is 0 Å². The zero-order valence-electron chi connectivity index (χ0n) is 17.9. The summed E-state index contributed by atoms with van der Waals surface area (Å²) in [5.74, 6) is 0.683. The molecular weight excluding hydrogens is 412 g/mol. The van der Waals surface area contributed by atoms with Crippen molar-refractivity contribution in [2.45, 2.75) is 57.2 Å². The van der Waals surface area contributed by atoms with E-state index in [1.165, 1.54) is 12.8 Å². The third-order valence-electron chi connectivity index (χ3n) is 6.44. The first-order chi connectivity index (χ1) is 15.1. The highest BCUT2D eigenvalue weighted by molar-refractivity contribution is 6.30. The van der Waals surface area contributed by atoms with Crippen LogP contribution in [-0.4, -0.2) is 41.3 Å². The molecule has 5 nitrogen and oxygen atoms in total. The van der Waals surface area contributed by atoms with Crippen LogP contribution in [0.2, 0.25) is 5.02 Å². The molecule has 0 bridgehead atoms. The fourth-order valence-corrected chi connectivity index (χ4v) is 4.92. The zero-order chi connectivity index (χ0) is 21.8. The number of ether oxygens (including phenoxy) is 1. The van der Waals surface area contributed by atoms with Crippen molar-refractivity contribution in [2.75, 3.05) is 13.7 Å². The van der Waals surface area contributed by atoms with E-state index in [1.807, 2.05) is 41.3 Å². The molecule has 164 valence electrons. The van der Waals surface area contributed by atoms with Crippen molar-refractivity contribution < 1.29 is 14.3 Å². The maximum atomic E-state index is 13.8. The van der Waals surface area contributed by atoms with Crippen LogP contribution in [0.1, 0.15) is 55.7 Å². The molecule has 1 heterocycles. The predicted molar refractivity (Wildman–Crippen MR) is 121 cm³/mol. The molecule has 2 aromatic rings. The molecule has 0 aromatic heterocycles. The summed E-state index contributed by atoms with van der Waals surface area (Å²) in [6.45, 7) is 0.461. The van der Waals surface area contributed by atoms with Crippen LogP contribution in [0.4, 0.5) is 0 Å². The summed E-state index contributed by atoms with van der Waals surface area (Å²) in [4.78, 5) is 30.7. The largest absolute Gasteiger partial charge is 0.496 e. The van der Waals surface area contributed by atoms with Crippen LogP contribution in [0.3, 0.4) is 0 Å². The maximum absolute atomic E-state index is 13.8. The number of carbonyl (C=O) groups is 2. The molecule has 31 heavy (non-hydrogen) atoms. The van der Waals surface area contributed by atoms with Crippen molar-refractivity contribution >= 4 is 23.4 Å². The SMILES string of the molecule is COc1ccccc1CN1C(=O)CN(C2CCCCCC2)C(=O)C1c1ccc(Cl)cc1. The average Bonchev–Trinajstić information content (AvgIpc) is 3.07. The summed E-state index contributed by atoms with van der Waals surface area (Å²) in [7, 11) is 1.62. The zero-order valence-corrected chi connectivity index (χ0v) is 18.7. The fourth-order valence-electron chi connectivity index (χ4n) is 4.79. The smallest absolute Gasteiger partial charge is 0.250 e. The van der Waals surface area contributed by atoms with Gasteiger partial charge in [-0.2, -0.15) is 0 Å². The minimum absolute atomic E-state index is 0.00344. The molecule has 2 aromatic carbocycles. The van der Waals surface area contributed by atoms with E-state index in [4.69, 9.17) is 16.3 Å². The molecule has 6 heteroatoms. The van der Waals surface area contributed by atoms with E-state index in [-0.39, 0.29) is 24.4 Å². The Morgan fingerprint density at radius 1 is 0.968 bits per heavy atom. The highest BCUT2D eigenvalue weighted by Gasteiger charge is 2.42. The molecule has 0 radical (unpaired) electrons. The molecule has 2 aliphatic rings. The monoisotopic (exact) mass is 440 g/mol. The average molecular weight is 441 g/mol. The molecule has 2 fully saturated rings. The summed E-state index contributed by atoms with van der Waals surface area (Å²) < 4.78 is 5.49. The van der Waals surface area contributed by atoms with Crippen molar-refractivity contribution in [3.8, 4) is 5.75 Å². The molecule has 1 aliphatic carbocycles. The van der Waals surface area contributed by atoms with E-state index in [1.54, 1.807) is 24.1 Å². The van der Waals surface area contributed by atoms with Crippen molar-refractivity contribution in [1.82, 2.24) is 9.80 Å². The van der Waals surface area contributed by atoms with Crippen molar-refractivity contribution in [3.63, 3.8) is 0 Å². The number of rotatable bonds is 5. The summed E-state index contributed by atoms with van der Waals surface area (Å²) in [6.07, 6.45) is 6.57. The highest BCUT2D eigenvalue weighted by atomic mass is 35.5. The number of nitrogens with zero attached hydrogens (tertiary/aromatic N) is 2. The summed E-state index contributed by atoms with van der Waals surface area (Å²) in [5.41, 5.74) is 1.67. The Morgan fingerprint density at radius 3 is 2.32 bits per heavy atom. The normalized spacial score (nSPS) is 20.6. The van der Waals surface area contributed by atoms with Crippen LogP contribution < -0.4 is 4.74 Å². The third-order valence-corrected chi connectivity index (χ3v) is 6.69. The Kier molecular flexibility index (Phi) is 6.81. The van der Waals surface area contributed by atoms with Gasteiger partial charge in [-0.1, -0.05) is 67.6 Å². The van der Waals surface area contributed by atoms with Gasteiger partial charge in [-0.25, -0.2) is 0 Å². The van der Waals surface area contributed by atoms with Crippen LogP contribution in [0, 0.1) is 0 Å². The van der Waals surface area contributed by atoms with Crippen molar-refractivity contribution in [2.24, 2.45) is 0 Å². The minimum atomic E-state index is -0.660. The van der Waals surface area contributed by atoms with E-state index in [0.717, 1.165) is 36.8 Å². The first-order valence-electron chi connectivity index (χ1n) is 11.1. The number of hydrogen-bond acceptors (Lipinski definition) is 3. The lowest BCUT2D eigenvalue weighted by Crippen LogP contribution is -2.57. The van der Waals surface area contributed by atoms with Crippen LogP contribution in [0.5, 0.6) is 5.75 Å². The summed E-state index contributed by atoms with van der Waals surface area (Å²) in [6, 6.07) is 14.4. The van der Waals surface area contributed by atoms with Gasteiger partial charge in [-0.15, -0.1) is 0 Å². The molecule has 0 spiro atoms. The van der Waals surface area contributed by atoms with Gasteiger partial charge in [0, 0.05) is 16.6 Å². The van der Waals surface area contributed by atoms with Gasteiger partial charge in [-0.3, -0.25) is 9.59 Å². The summed E-state index contributed by atoms with van der Waals surface area (Å²) >= 11 is 6.10. The van der Waals surface area contributed by atoms with Gasteiger partial charge in [0.15, 0.2) is 0 Å². The molecule has 0 N–H and O–H groups in total. The second-order valence-corrected chi connectivity index (χ2v) is 8.84. The molecule has 1 unspecified atom stereocenters. The van der Waals surface area contributed by atoms with Crippen LogP contribution >= 0.6 is 11.6 Å². The lowest BCUT2D eigenvalue weighted by molar-refractivity contribution is -0.159. The van der Waals surface area contributed by atoms with Gasteiger partial charge >= 0.3 is 0 Å². The topological polar surface area (TPSA) is 49.9 Å². The number of methoxy groups -OCH3 is 1. The third kappa shape index (κ3) is 4.72. The molecule has 1 saturated heterocycles. The number of hydrogen-bond donors (Lipinski definition) is 0. The predicted octanol–water partition coefficient (Wildman–Crippen LogP) is 4.98. The van der Waals surface area contributed by atoms with Gasteiger partial charge in [0.1, 0.15) is 18.3 Å². The molecule has 1 saturated carbocycles.